The van der Waals surface area contributed by atoms with Gasteiger partial charge in [-0.05, 0) is 44.5 Å². The third kappa shape index (κ3) is 4.10. The molecule has 2 atom stereocenters. The topological polar surface area (TPSA) is 55.9 Å². The maximum atomic E-state index is 13.4. The van der Waals surface area contributed by atoms with Crippen LogP contribution in [-0.2, 0) is 11.3 Å². The van der Waals surface area contributed by atoms with Gasteiger partial charge in [0.05, 0.1) is 6.54 Å². The molecule has 0 radical (unpaired) electrons. The molecule has 2 aliphatic rings. The molecule has 0 spiro atoms. The number of likely N-dealkylation sites (tertiary alicyclic amines) is 1. The average Bonchev–Trinajstić information content (AvgIpc) is 2.82. The van der Waals surface area contributed by atoms with E-state index < -0.39 is 6.04 Å². The van der Waals surface area contributed by atoms with Crippen molar-refractivity contribution in [3.05, 3.63) is 29.8 Å². The molecule has 0 bridgehead atoms. The van der Waals surface area contributed by atoms with Crippen LogP contribution in [0.2, 0.25) is 0 Å². The van der Waals surface area contributed by atoms with Gasteiger partial charge in [0.1, 0.15) is 6.04 Å². The number of amides is 3. The minimum atomic E-state index is -0.443. The van der Waals surface area contributed by atoms with Crippen LogP contribution in [0.1, 0.15) is 38.7 Å². The van der Waals surface area contributed by atoms with E-state index in [1.54, 1.807) is 4.90 Å². The van der Waals surface area contributed by atoms with Gasteiger partial charge in [-0.25, -0.2) is 4.79 Å². The van der Waals surface area contributed by atoms with Crippen molar-refractivity contribution in [2.45, 2.75) is 51.7 Å². The highest BCUT2D eigenvalue weighted by Gasteiger charge is 2.39. The fourth-order valence-electron chi connectivity index (χ4n) is 4.14. The number of carbonyl (C=O) groups is 2. The standard InChI is InChI=1S/C21H32N4O2/c1-5-15(2)19-20(26)22-18-9-7-6-8-16(18)14-25(19)21(27)24-12-10-17(11-13-24)23(3)4/h6-9,15,17,19H,5,10-14H2,1-4H3,(H,22,26). The highest BCUT2D eigenvalue weighted by molar-refractivity contribution is 5.98. The van der Waals surface area contributed by atoms with Gasteiger partial charge < -0.3 is 20.0 Å². The van der Waals surface area contributed by atoms with E-state index >= 15 is 0 Å². The highest BCUT2D eigenvalue weighted by atomic mass is 16.2. The van der Waals surface area contributed by atoms with Gasteiger partial charge in [0.15, 0.2) is 0 Å². The lowest BCUT2D eigenvalue weighted by Crippen LogP contribution is -2.55. The fourth-order valence-corrected chi connectivity index (χ4v) is 4.14. The minimum absolute atomic E-state index is 0.00985. The summed E-state index contributed by atoms with van der Waals surface area (Å²) in [5, 5.41) is 3.04. The van der Waals surface area contributed by atoms with E-state index in [-0.39, 0.29) is 17.9 Å². The fraction of sp³-hybridized carbons (Fsp3) is 0.619. The van der Waals surface area contributed by atoms with Crippen molar-refractivity contribution in [3.63, 3.8) is 0 Å². The SMILES string of the molecule is CCC(C)C1C(=O)Nc2ccccc2CN1C(=O)N1CCC(N(C)C)CC1. The number of hydrogen-bond donors (Lipinski definition) is 1. The predicted molar refractivity (Wildman–Crippen MR) is 108 cm³/mol. The molecule has 27 heavy (non-hydrogen) atoms. The summed E-state index contributed by atoms with van der Waals surface area (Å²) < 4.78 is 0. The molecule has 3 rings (SSSR count). The molecule has 6 heteroatoms. The molecular weight excluding hydrogens is 340 g/mol. The lowest BCUT2D eigenvalue weighted by atomic mass is 9.96. The Bertz CT molecular complexity index is 683. The Morgan fingerprint density at radius 3 is 2.56 bits per heavy atom. The van der Waals surface area contributed by atoms with Gasteiger partial charge in [-0.3, -0.25) is 4.79 Å². The average molecular weight is 373 g/mol. The summed E-state index contributed by atoms with van der Waals surface area (Å²) in [6.07, 6.45) is 2.80. The normalized spacial score (nSPS) is 22.3. The lowest BCUT2D eigenvalue weighted by Gasteiger charge is -2.40. The van der Waals surface area contributed by atoms with E-state index in [9.17, 15) is 9.59 Å². The van der Waals surface area contributed by atoms with Crippen LogP contribution in [-0.4, -0.2) is 65.9 Å². The smallest absolute Gasteiger partial charge is 0.321 e. The summed E-state index contributed by atoms with van der Waals surface area (Å²) in [6, 6.07) is 7.85. The molecular formula is C21H32N4O2. The van der Waals surface area contributed by atoms with Gasteiger partial charge in [0.25, 0.3) is 0 Å². The zero-order valence-corrected chi connectivity index (χ0v) is 16.9. The summed E-state index contributed by atoms with van der Waals surface area (Å²) >= 11 is 0. The van der Waals surface area contributed by atoms with Gasteiger partial charge in [0.2, 0.25) is 5.91 Å². The van der Waals surface area contributed by atoms with Crippen LogP contribution in [0.3, 0.4) is 0 Å². The predicted octanol–water partition coefficient (Wildman–Crippen LogP) is 3.00. The molecule has 0 aromatic heterocycles. The van der Waals surface area contributed by atoms with Crippen LogP contribution < -0.4 is 5.32 Å². The zero-order valence-electron chi connectivity index (χ0n) is 16.9. The first-order chi connectivity index (χ1) is 12.9. The maximum Gasteiger partial charge on any atom is 0.321 e. The Morgan fingerprint density at radius 2 is 1.93 bits per heavy atom. The van der Waals surface area contributed by atoms with Gasteiger partial charge in [-0.2, -0.15) is 0 Å². The van der Waals surface area contributed by atoms with E-state index in [0.29, 0.717) is 12.6 Å². The molecule has 1 saturated heterocycles. The van der Waals surface area contributed by atoms with Crippen LogP contribution in [0.5, 0.6) is 0 Å². The van der Waals surface area contributed by atoms with E-state index in [1.807, 2.05) is 29.2 Å². The van der Waals surface area contributed by atoms with Crippen molar-refractivity contribution in [1.29, 1.82) is 0 Å². The maximum absolute atomic E-state index is 13.4. The van der Waals surface area contributed by atoms with Crippen molar-refractivity contribution >= 4 is 17.6 Å². The molecule has 3 amide bonds. The molecule has 1 aromatic carbocycles. The first-order valence-corrected chi connectivity index (χ1v) is 10.0. The summed E-state index contributed by atoms with van der Waals surface area (Å²) in [5.74, 6) is 0.0217. The molecule has 1 fully saturated rings. The first-order valence-electron chi connectivity index (χ1n) is 10.0. The number of benzene rings is 1. The Kier molecular flexibility index (Phi) is 6.05. The second-order valence-electron chi connectivity index (χ2n) is 8.07. The number of anilines is 1. The number of para-hydroxylation sites is 1. The quantitative estimate of drug-likeness (QED) is 0.887. The second kappa shape index (κ2) is 8.30. The number of carbonyl (C=O) groups excluding carboxylic acids is 2. The minimum Gasteiger partial charge on any atom is -0.325 e. The largest absolute Gasteiger partial charge is 0.325 e. The van der Waals surface area contributed by atoms with Gasteiger partial charge in [-0.15, -0.1) is 0 Å². The Labute approximate surface area is 162 Å². The second-order valence-corrected chi connectivity index (χ2v) is 8.07. The number of fused-ring (bicyclic) bond motifs is 1. The van der Waals surface area contributed by atoms with Crippen molar-refractivity contribution in [2.75, 3.05) is 32.5 Å². The monoisotopic (exact) mass is 372 g/mol. The lowest BCUT2D eigenvalue weighted by molar-refractivity contribution is -0.122. The van der Waals surface area contributed by atoms with Crippen molar-refractivity contribution in [3.8, 4) is 0 Å². The zero-order chi connectivity index (χ0) is 19.6. The van der Waals surface area contributed by atoms with Crippen LogP contribution in [0.15, 0.2) is 24.3 Å². The first kappa shape index (κ1) is 19.7. The van der Waals surface area contributed by atoms with E-state index in [1.165, 1.54) is 0 Å². The van der Waals surface area contributed by atoms with Crippen LogP contribution in [0.25, 0.3) is 0 Å². The number of hydrogen-bond acceptors (Lipinski definition) is 3. The number of urea groups is 1. The molecule has 148 valence electrons. The van der Waals surface area contributed by atoms with Crippen LogP contribution in [0, 0.1) is 5.92 Å². The van der Waals surface area contributed by atoms with Crippen molar-refractivity contribution in [2.24, 2.45) is 5.92 Å². The van der Waals surface area contributed by atoms with Crippen LogP contribution in [0.4, 0.5) is 10.5 Å². The molecule has 1 N–H and O–H groups in total. The number of piperidine rings is 1. The molecule has 0 aliphatic carbocycles. The van der Waals surface area contributed by atoms with Crippen molar-refractivity contribution in [1.82, 2.24) is 14.7 Å². The van der Waals surface area contributed by atoms with E-state index in [2.05, 4.69) is 38.2 Å². The van der Waals surface area contributed by atoms with Gasteiger partial charge in [0, 0.05) is 24.8 Å². The summed E-state index contributed by atoms with van der Waals surface area (Å²) in [5.41, 5.74) is 1.81. The van der Waals surface area contributed by atoms with Crippen LogP contribution >= 0.6 is 0 Å². The molecule has 2 aliphatic heterocycles. The molecule has 0 saturated carbocycles. The van der Waals surface area contributed by atoms with Gasteiger partial charge >= 0.3 is 6.03 Å². The Hall–Kier alpha value is -2.08. The number of nitrogens with one attached hydrogen (secondary N) is 1. The Balaban J connectivity index is 1.85. The number of nitrogens with zero attached hydrogens (tertiary/aromatic N) is 3. The third-order valence-corrected chi connectivity index (χ3v) is 6.11. The van der Waals surface area contributed by atoms with E-state index in [0.717, 1.165) is 43.6 Å². The van der Waals surface area contributed by atoms with Gasteiger partial charge in [-0.1, -0.05) is 38.5 Å². The summed E-state index contributed by atoms with van der Waals surface area (Å²) in [4.78, 5) is 32.4. The number of rotatable bonds is 3. The third-order valence-electron chi connectivity index (χ3n) is 6.11. The summed E-state index contributed by atoms with van der Waals surface area (Å²) in [7, 11) is 4.19. The molecule has 2 unspecified atom stereocenters. The summed E-state index contributed by atoms with van der Waals surface area (Å²) in [6.45, 7) is 6.08. The highest BCUT2D eigenvalue weighted by Crippen LogP contribution is 2.29. The molecule has 1 aromatic rings. The molecule has 6 nitrogen and oxygen atoms in total. The Morgan fingerprint density at radius 1 is 1.26 bits per heavy atom. The van der Waals surface area contributed by atoms with Crippen molar-refractivity contribution < 1.29 is 9.59 Å². The molecule has 2 heterocycles. The van der Waals surface area contributed by atoms with E-state index in [4.69, 9.17) is 0 Å².